The highest BCUT2D eigenvalue weighted by atomic mass is 32.2. The summed E-state index contributed by atoms with van der Waals surface area (Å²) in [7, 11) is -1.08. The van der Waals surface area contributed by atoms with E-state index in [1.165, 1.54) is 32.4 Å². The first-order valence-corrected chi connectivity index (χ1v) is 12.5. The molecular formula is C26H30N2O6S. The van der Waals surface area contributed by atoms with Gasteiger partial charge in [0.05, 0.1) is 30.9 Å². The van der Waals surface area contributed by atoms with Crippen molar-refractivity contribution in [1.82, 2.24) is 5.32 Å². The number of anilines is 1. The van der Waals surface area contributed by atoms with Crippen LogP contribution in [0.1, 0.15) is 19.4 Å². The Morgan fingerprint density at radius 1 is 0.914 bits per heavy atom. The number of hydrogen-bond donors (Lipinski definition) is 1. The number of benzene rings is 3. The highest BCUT2D eigenvalue weighted by molar-refractivity contribution is 7.92. The van der Waals surface area contributed by atoms with Gasteiger partial charge in [-0.1, -0.05) is 30.3 Å². The third-order valence-electron chi connectivity index (χ3n) is 5.06. The summed E-state index contributed by atoms with van der Waals surface area (Å²) in [6.45, 7) is 3.72. The third kappa shape index (κ3) is 6.66. The van der Waals surface area contributed by atoms with Gasteiger partial charge in [0.1, 0.15) is 12.3 Å². The second-order valence-electron chi connectivity index (χ2n) is 7.95. The first-order valence-electron chi connectivity index (χ1n) is 11.1. The van der Waals surface area contributed by atoms with Gasteiger partial charge in [0.2, 0.25) is 5.91 Å². The highest BCUT2D eigenvalue weighted by Crippen LogP contribution is 2.33. The summed E-state index contributed by atoms with van der Waals surface area (Å²) in [6.07, 6.45) is 0.0645. The second kappa shape index (κ2) is 11.6. The van der Waals surface area contributed by atoms with Crippen molar-refractivity contribution in [2.75, 3.05) is 25.1 Å². The van der Waals surface area contributed by atoms with Crippen LogP contribution < -0.4 is 23.8 Å². The molecule has 0 spiro atoms. The lowest BCUT2D eigenvalue weighted by atomic mass is 10.2. The van der Waals surface area contributed by atoms with Crippen LogP contribution in [0.15, 0.2) is 77.7 Å². The molecule has 3 aromatic rings. The molecule has 0 aliphatic rings. The molecule has 3 aromatic carbocycles. The number of amides is 1. The third-order valence-corrected chi connectivity index (χ3v) is 6.85. The molecule has 0 fully saturated rings. The van der Waals surface area contributed by atoms with Gasteiger partial charge >= 0.3 is 0 Å². The number of methoxy groups -OCH3 is 2. The lowest BCUT2D eigenvalue weighted by molar-refractivity contribution is -0.119. The van der Waals surface area contributed by atoms with E-state index in [1.54, 1.807) is 30.3 Å². The summed E-state index contributed by atoms with van der Waals surface area (Å²) in [5, 5.41) is 2.79. The van der Waals surface area contributed by atoms with Gasteiger partial charge in [0.25, 0.3) is 10.0 Å². The van der Waals surface area contributed by atoms with Gasteiger partial charge in [-0.3, -0.25) is 9.10 Å². The highest BCUT2D eigenvalue weighted by Gasteiger charge is 2.28. The lowest BCUT2D eigenvalue weighted by Gasteiger charge is -2.25. The minimum Gasteiger partial charge on any atom is -0.493 e. The van der Waals surface area contributed by atoms with E-state index < -0.39 is 22.5 Å². The Bertz CT molecular complexity index is 1230. The summed E-state index contributed by atoms with van der Waals surface area (Å²) in [6, 6.07) is 20.0. The van der Waals surface area contributed by atoms with Crippen molar-refractivity contribution in [3.63, 3.8) is 0 Å². The number of rotatable bonds is 11. The number of nitrogens with one attached hydrogen (secondary N) is 1. The van der Waals surface area contributed by atoms with Crippen molar-refractivity contribution in [3.05, 3.63) is 78.4 Å². The standard InChI is InChI=1S/C26H30N2O6S/c1-19(2)34-22-13-10-20(11-14-22)17-27-26(29)18-28(35(30,31)23-8-6-5-7-9-23)21-12-15-24(32-3)25(16-21)33-4/h5-16,19H,17-18H2,1-4H3,(H,27,29). The van der Waals surface area contributed by atoms with E-state index in [1.807, 2.05) is 38.1 Å². The van der Waals surface area contributed by atoms with Crippen molar-refractivity contribution in [2.45, 2.75) is 31.4 Å². The molecule has 0 aromatic heterocycles. The van der Waals surface area contributed by atoms with Crippen LogP contribution in [0.5, 0.6) is 17.2 Å². The first-order chi connectivity index (χ1) is 16.7. The smallest absolute Gasteiger partial charge is 0.264 e. The van der Waals surface area contributed by atoms with E-state index in [4.69, 9.17) is 14.2 Å². The topological polar surface area (TPSA) is 94.2 Å². The van der Waals surface area contributed by atoms with E-state index in [0.717, 1.165) is 15.6 Å². The van der Waals surface area contributed by atoms with Crippen molar-refractivity contribution in [1.29, 1.82) is 0 Å². The van der Waals surface area contributed by atoms with Crippen molar-refractivity contribution in [2.24, 2.45) is 0 Å². The number of carbonyl (C=O) groups is 1. The molecule has 35 heavy (non-hydrogen) atoms. The largest absolute Gasteiger partial charge is 0.493 e. The minimum absolute atomic E-state index is 0.0645. The predicted molar refractivity (Wildman–Crippen MR) is 135 cm³/mol. The van der Waals surface area contributed by atoms with E-state index in [-0.39, 0.29) is 23.2 Å². The van der Waals surface area contributed by atoms with Crippen LogP contribution in [-0.4, -0.2) is 41.2 Å². The molecule has 0 bridgehead atoms. The van der Waals surface area contributed by atoms with Crippen LogP contribution in [0, 0.1) is 0 Å². The molecule has 186 valence electrons. The van der Waals surface area contributed by atoms with Crippen molar-refractivity contribution in [3.8, 4) is 17.2 Å². The van der Waals surface area contributed by atoms with E-state index >= 15 is 0 Å². The van der Waals surface area contributed by atoms with Gasteiger partial charge in [0.15, 0.2) is 11.5 Å². The second-order valence-corrected chi connectivity index (χ2v) is 9.81. The summed E-state index contributed by atoms with van der Waals surface area (Å²) in [4.78, 5) is 12.9. The lowest BCUT2D eigenvalue weighted by Crippen LogP contribution is -2.40. The average Bonchev–Trinajstić information content (AvgIpc) is 2.86. The Labute approximate surface area is 206 Å². The molecule has 0 saturated carbocycles. The molecule has 0 heterocycles. The molecule has 0 unspecified atom stereocenters. The number of carbonyl (C=O) groups excluding carboxylic acids is 1. The molecule has 0 aliphatic heterocycles. The summed E-state index contributed by atoms with van der Waals surface area (Å²) in [5.74, 6) is 1.08. The Kier molecular flexibility index (Phi) is 8.59. The molecule has 0 saturated heterocycles. The fraction of sp³-hybridized carbons (Fsp3) is 0.269. The van der Waals surface area contributed by atoms with Gasteiger partial charge in [0, 0.05) is 12.6 Å². The first kappa shape index (κ1) is 25.9. The number of nitrogens with zero attached hydrogens (tertiary/aromatic N) is 1. The summed E-state index contributed by atoms with van der Waals surface area (Å²) < 4.78 is 44.2. The van der Waals surface area contributed by atoms with Crippen LogP contribution in [-0.2, 0) is 21.4 Å². The van der Waals surface area contributed by atoms with E-state index in [9.17, 15) is 13.2 Å². The maximum atomic E-state index is 13.5. The number of hydrogen-bond acceptors (Lipinski definition) is 6. The van der Waals surface area contributed by atoms with Crippen LogP contribution in [0.4, 0.5) is 5.69 Å². The quantitative estimate of drug-likeness (QED) is 0.429. The molecular weight excluding hydrogens is 468 g/mol. The zero-order valence-electron chi connectivity index (χ0n) is 20.2. The van der Waals surface area contributed by atoms with Crippen LogP contribution >= 0.6 is 0 Å². The zero-order valence-corrected chi connectivity index (χ0v) is 21.0. The predicted octanol–water partition coefficient (Wildman–Crippen LogP) is 4.00. The van der Waals surface area contributed by atoms with Crippen LogP contribution in [0.25, 0.3) is 0 Å². The van der Waals surface area contributed by atoms with Gasteiger partial charge in [-0.05, 0) is 55.8 Å². The fourth-order valence-electron chi connectivity index (χ4n) is 3.36. The normalized spacial score (nSPS) is 11.1. The van der Waals surface area contributed by atoms with E-state index in [2.05, 4.69) is 5.32 Å². The molecule has 9 heteroatoms. The van der Waals surface area contributed by atoms with Gasteiger partial charge in [-0.25, -0.2) is 8.42 Å². The monoisotopic (exact) mass is 498 g/mol. The molecule has 3 rings (SSSR count). The van der Waals surface area contributed by atoms with Crippen LogP contribution in [0.3, 0.4) is 0 Å². The Morgan fingerprint density at radius 3 is 2.17 bits per heavy atom. The van der Waals surface area contributed by atoms with Crippen LogP contribution in [0.2, 0.25) is 0 Å². The molecule has 1 amide bonds. The maximum Gasteiger partial charge on any atom is 0.264 e. The minimum atomic E-state index is -4.03. The Balaban J connectivity index is 1.82. The molecule has 0 radical (unpaired) electrons. The van der Waals surface area contributed by atoms with Gasteiger partial charge in [-0.2, -0.15) is 0 Å². The Morgan fingerprint density at radius 2 is 1.57 bits per heavy atom. The molecule has 8 nitrogen and oxygen atoms in total. The number of sulfonamides is 1. The molecule has 1 N–H and O–H groups in total. The fourth-order valence-corrected chi connectivity index (χ4v) is 4.79. The van der Waals surface area contributed by atoms with Gasteiger partial charge < -0.3 is 19.5 Å². The maximum absolute atomic E-state index is 13.5. The molecule has 0 aliphatic carbocycles. The average molecular weight is 499 g/mol. The Hall–Kier alpha value is -3.72. The van der Waals surface area contributed by atoms with Gasteiger partial charge in [-0.15, -0.1) is 0 Å². The van der Waals surface area contributed by atoms with Crippen molar-refractivity contribution >= 4 is 21.6 Å². The SMILES string of the molecule is COc1ccc(N(CC(=O)NCc2ccc(OC(C)C)cc2)S(=O)(=O)c2ccccc2)cc1OC. The molecule has 0 atom stereocenters. The summed E-state index contributed by atoms with van der Waals surface area (Å²) >= 11 is 0. The zero-order chi connectivity index (χ0) is 25.4. The van der Waals surface area contributed by atoms with Crippen molar-refractivity contribution < 1.29 is 27.4 Å². The van der Waals surface area contributed by atoms with E-state index in [0.29, 0.717) is 11.5 Å². The summed E-state index contributed by atoms with van der Waals surface area (Å²) in [5.41, 5.74) is 1.13. The number of ether oxygens (including phenoxy) is 3.